The number of H-pyrrole nitrogens is 1. The SMILES string of the molecule is Cc1cc(C)n(-c2ccc(NC(=O)N(C)Cc3cc(C4CC4)n[nH]3)cc2)n1. The van der Waals surface area contributed by atoms with Gasteiger partial charge in [-0.2, -0.15) is 10.2 Å². The summed E-state index contributed by atoms with van der Waals surface area (Å²) in [6, 6.07) is 11.6. The van der Waals surface area contributed by atoms with E-state index in [-0.39, 0.29) is 6.03 Å². The van der Waals surface area contributed by atoms with Crippen LogP contribution in [0, 0.1) is 13.8 Å². The van der Waals surface area contributed by atoms with Crippen molar-refractivity contribution in [3.8, 4) is 5.69 Å². The van der Waals surface area contributed by atoms with E-state index in [9.17, 15) is 4.79 Å². The minimum Gasteiger partial charge on any atom is -0.322 e. The molecule has 7 nitrogen and oxygen atoms in total. The molecule has 1 aliphatic carbocycles. The molecule has 27 heavy (non-hydrogen) atoms. The van der Waals surface area contributed by atoms with E-state index in [0.29, 0.717) is 12.5 Å². The summed E-state index contributed by atoms with van der Waals surface area (Å²) in [5.41, 5.74) is 5.84. The number of benzene rings is 1. The highest BCUT2D eigenvalue weighted by atomic mass is 16.2. The molecule has 1 saturated carbocycles. The Balaban J connectivity index is 1.37. The Labute approximate surface area is 158 Å². The van der Waals surface area contributed by atoms with Crippen LogP contribution in [-0.2, 0) is 6.54 Å². The van der Waals surface area contributed by atoms with Crippen LogP contribution < -0.4 is 5.32 Å². The number of carbonyl (C=O) groups is 1. The lowest BCUT2D eigenvalue weighted by Gasteiger charge is -2.17. The van der Waals surface area contributed by atoms with Gasteiger partial charge in [0.2, 0.25) is 0 Å². The molecule has 7 heteroatoms. The fourth-order valence-corrected chi connectivity index (χ4v) is 3.17. The van der Waals surface area contributed by atoms with E-state index < -0.39 is 0 Å². The van der Waals surface area contributed by atoms with Gasteiger partial charge in [0.1, 0.15) is 0 Å². The van der Waals surface area contributed by atoms with Crippen LogP contribution in [0.25, 0.3) is 5.69 Å². The number of urea groups is 1. The first-order valence-corrected chi connectivity index (χ1v) is 9.19. The van der Waals surface area contributed by atoms with E-state index in [4.69, 9.17) is 0 Å². The molecule has 140 valence electrons. The van der Waals surface area contributed by atoms with Crippen molar-refractivity contribution >= 4 is 11.7 Å². The summed E-state index contributed by atoms with van der Waals surface area (Å²) in [6.07, 6.45) is 2.43. The Kier molecular flexibility index (Phi) is 4.43. The third kappa shape index (κ3) is 3.86. The topological polar surface area (TPSA) is 78.8 Å². The quantitative estimate of drug-likeness (QED) is 0.724. The minimum absolute atomic E-state index is 0.156. The molecule has 0 unspecified atom stereocenters. The van der Waals surface area contributed by atoms with Crippen LogP contribution in [0.5, 0.6) is 0 Å². The first kappa shape index (κ1) is 17.3. The van der Waals surface area contributed by atoms with Crippen molar-refractivity contribution in [2.45, 2.75) is 39.2 Å². The van der Waals surface area contributed by atoms with Crippen LogP contribution in [-0.4, -0.2) is 38.0 Å². The van der Waals surface area contributed by atoms with Crippen LogP contribution in [0.3, 0.4) is 0 Å². The largest absolute Gasteiger partial charge is 0.322 e. The summed E-state index contributed by atoms with van der Waals surface area (Å²) in [5, 5.41) is 14.8. The molecule has 4 rings (SSSR count). The van der Waals surface area contributed by atoms with Crippen molar-refractivity contribution in [1.29, 1.82) is 0 Å². The highest BCUT2D eigenvalue weighted by Gasteiger charge is 2.26. The van der Waals surface area contributed by atoms with Crippen molar-refractivity contribution in [2.75, 3.05) is 12.4 Å². The van der Waals surface area contributed by atoms with Gasteiger partial charge in [0.15, 0.2) is 0 Å². The van der Waals surface area contributed by atoms with Crippen molar-refractivity contribution in [3.63, 3.8) is 0 Å². The minimum atomic E-state index is -0.156. The second-order valence-electron chi connectivity index (χ2n) is 7.26. The van der Waals surface area contributed by atoms with Crippen LogP contribution in [0.15, 0.2) is 36.4 Å². The molecule has 3 aromatic rings. The maximum Gasteiger partial charge on any atom is 0.321 e. The van der Waals surface area contributed by atoms with Gasteiger partial charge in [0, 0.05) is 24.3 Å². The van der Waals surface area contributed by atoms with E-state index in [1.54, 1.807) is 11.9 Å². The van der Waals surface area contributed by atoms with Crippen LogP contribution in [0.1, 0.15) is 41.5 Å². The maximum absolute atomic E-state index is 12.4. The lowest BCUT2D eigenvalue weighted by Crippen LogP contribution is -2.30. The predicted octanol–water partition coefficient (Wildman–Crippen LogP) is 3.75. The summed E-state index contributed by atoms with van der Waals surface area (Å²) in [5.74, 6) is 0.606. The zero-order valence-corrected chi connectivity index (χ0v) is 15.9. The average Bonchev–Trinajstić information content (AvgIpc) is 3.30. The van der Waals surface area contributed by atoms with E-state index in [0.717, 1.165) is 34.2 Å². The monoisotopic (exact) mass is 364 g/mol. The van der Waals surface area contributed by atoms with E-state index in [1.807, 2.05) is 48.9 Å². The first-order valence-electron chi connectivity index (χ1n) is 9.19. The molecule has 0 radical (unpaired) electrons. The van der Waals surface area contributed by atoms with Crippen molar-refractivity contribution in [3.05, 3.63) is 59.2 Å². The third-order valence-electron chi connectivity index (χ3n) is 4.77. The van der Waals surface area contributed by atoms with Gasteiger partial charge in [-0.05, 0) is 63.1 Å². The number of aromatic amines is 1. The average molecular weight is 364 g/mol. The van der Waals surface area contributed by atoms with E-state index in [1.165, 1.54) is 12.8 Å². The fraction of sp³-hybridized carbons (Fsp3) is 0.350. The molecule has 1 aromatic carbocycles. The van der Waals surface area contributed by atoms with Gasteiger partial charge < -0.3 is 10.2 Å². The molecule has 2 aromatic heterocycles. The number of aromatic nitrogens is 4. The van der Waals surface area contributed by atoms with Crippen LogP contribution in [0.2, 0.25) is 0 Å². The summed E-state index contributed by atoms with van der Waals surface area (Å²) in [7, 11) is 1.78. The fourth-order valence-electron chi connectivity index (χ4n) is 3.17. The van der Waals surface area contributed by atoms with Gasteiger partial charge in [-0.25, -0.2) is 9.48 Å². The molecular formula is C20H24N6O. The standard InChI is InChI=1S/C20H24N6O/c1-13-10-14(2)26(24-13)18-8-6-16(7-9-18)21-20(27)25(3)12-17-11-19(23-22-17)15-4-5-15/h6-11,15H,4-5,12H2,1-3H3,(H,21,27)(H,22,23). The predicted molar refractivity (Wildman–Crippen MR) is 104 cm³/mol. The van der Waals surface area contributed by atoms with Crippen molar-refractivity contribution in [2.24, 2.45) is 0 Å². The second-order valence-corrected chi connectivity index (χ2v) is 7.26. The Morgan fingerprint density at radius 1 is 1.26 bits per heavy atom. The van der Waals surface area contributed by atoms with E-state index in [2.05, 4.69) is 26.7 Å². The van der Waals surface area contributed by atoms with Crippen LogP contribution >= 0.6 is 0 Å². The Hall–Kier alpha value is -3.09. The molecule has 2 heterocycles. The number of nitrogens with zero attached hydrogens (tertiary/aromatic N) is 4. The number of rotatable bonds is 5. The number of nitrogens with one attached hydrogen (secondary N) is 2. The number of hydrogen-bond acceptors (Lipinski definition) is 3. The zero-order chi connectivity index (χ0) is 19.0. The smallest absolute Gasteiger partial charge is 0.321 e. The highest BCUT2D eigenvalue weighted by molar-refractivity contribution is 5.89. The molecule has 0 aliphatic heterocycles. The summed E-state index contributed by atoms with van der Waals surface area (Å²) < 4.78 is 1.89. The number of hydrogen-bond donors (Lipinski definition) is 2. The Morgan fingerprint density at radius 2 is 2.00 bits per heavy atom. The number of aryl methyl sites for hydroxylation is 2. The van der Waals surface area contributed by atoms with Gasteiger partial charge in [-0.15, -0.1) is 0 Å². The van der Waals surface area contributed by atoms with Gasteiger partial charge in [0.25, 0.3) is 0 Å². The Bertz CT molecular complexity index is 951. The van der Waals surface area contributed by atoms with E-state index >= 15 is 0 Å². The maximum atomic E-state index is 12.4. The first-order chi connectivity index (χ1) is 13.0. The van der Waals surface area contributed by atoms with Gasteiger partial charge in [-0.3, -0.25) is 5.10 Å². The third-order valence-corrected chi connectivity index (χ3v) is 4.77. The molecule has 1 aliphatic rings. The zero-order valence-electron chi connectivity index (χ0n) is 15.9. The Morgan fingerprint density at radius 3 is 2.63 bits per heavy atom. The normalized spacial score (nSPS) is 13.6. The molecular weight excluding hydrogens is 340 g/mol. The molecule has 2 amide bonds. The second kappa shape index (κ2) is 6.90. The molecule has 0 saturated heterocycles. The van der Waals surface area contributed by atoms with Gasteiger partial charge in [-0.1, -0.05) is 0 Å². The molecule has 0 spiro atoms. The molecule has 0 bridgehead atoms. The molecule has 2 N–H and O–H groups in total. The summed E-state index contributed by atoms with van der Waals surface area (Å²) >= 11 is 0. The number of anilines is 1. The van der Waals surface area contributed by atoms with Crippen LogP contribution in [0.4, 0.5) is 10.5 Å². The van der Waals surface area contributed by atoms with Gasteiger partial charge in [0.05, 0.1) is 29.3 Å². The van der Waals surface area contributed by atoms with Crippen molar-refractivity contribution in [1.82, 2.24) is 24.9 Å². The number of carbonyl (C=O) groups excluding carboxylic acids is 1. The summed E-state index contributed by atoms with van der Waals surface area (Å²) in [4.78, 5) is 14.1. The van der Waals surface area contributed by atoms with Gasteiger partial charge >= 0.3 is 6.03 Å². The summed E-state index contributed by atoms with van der Waals surface area (Å²) in [6.45, 7) is 4.49. The molecule has 0 atom stereocenters. The lowest BCUT2D eigenvalue weighted by molar-refractivity contribution is 0.220. The lowest BCUT2D eigenvalue weighted by atomic mass is 10.2. The molecule has 1 fully saturated rings. The highest BCUT2D eigenvalue weighted by Crippen LogP contribution is 2.39. The van der Waals surface area contributed by atoms with Crippen molar-refractivity contribution < 1.29 is 4.79 Å². The number of amides is 2.